The number of aliphatic imine (C=N–C) groups is 1. The first-order valence-corrected chi connectivity index (χ1v) is 5.28. The summed E-state index contributed by atoms with van der Waals surface area (Å²) in [6, 6.07) is 0. The van der Waals surface area contributed by atoms with Gasteiger partial charge in [-0.1, -0.05) is 0 Å². The van der Waals surface area contributed by atoms with Crippen molar-refractivity contribution in [2.24, 2.45) is 4.99 Å². The number of ketones is 2. The van der Waals surface area contributed by atoms with Crippen molar-refractivity contribution in [2.75, 3.05) is 6.54 Å². The van der Waals surface area contributed by atoms with Gasteiger partial charge in [0.15, 0.2) is 5.17 Å². The molecule has 0 bridgehead atoms. The standard InChI is InChI=1S/C10H6N2O2S/c13-6-2-3-7-8(9(6)14)12-5-1-4-11-10(12)15-7/h1-4H,5H2. The van der Waals surface area contributed by atoms with Crippen molar-refractivity contribution in [3.05, 3.63) is 35.0 Å². The Balaban J connectivity index is 2.10. The molecule has 0 aromatic carbocycles. The summed E-state index contributed by atoms with van der Waals surface area (Å²) in [6.45, 7) is 0.609. The van der Waals surface area contributed by atoms with E-state index in [9.17, 15) is 9.59 Å². The van der Waals surface area contributed by atoms with E-state index in [0.717, 1.165) is 10.1 Å². The molecule has 4 nitrogen and oxygen atoms in total. The molecule has 0 aromatic rings. The zero-order valence-electron chi connectivity index (χ0n) is 7.64. The quantitative estimate of drug-likeness (QED) is 0.446. The predicted octanol–water partition coefficient (Wildman–Crippen LogP) is 0.838. The van der Waals surface area contributed by atoms with E-state index in [1.54, 1.807) is 17.2 Å². The Kier molecular flexibility index (Phi) is 1.70. The molecule has 3 aliphatic rings. The van der Waals surface area contributed by atoms with Crippen LogP contribution in [0.1, 0.15) is 0 Å². The predicted molar refractivity (Wildman–Crippen MR) is 57.1 cm³/mol. The van der Waals surface area contributed by atoms with E-state index in [2.05, 4.69) is 4.99 Å². The van der Waals surface area contributed by atoms with Gasteiger partial charge in [0, 0.05) is 17.6 Å². The summed E-state index contributed by atoms with van der Waals surface area (Å²) >= 11 is 1.43. The highest BCUT2D eigenvalue weighted by Crippen LogP contribution is 2.38. The molecule has 0 spiro atoms. The Morgan fingerprint density at radius 1 is 1.33 bits per heavy atom. The maximum Gasteiger partial charge on any atom is 0.250 e. The number of rotatable bonds is 0. The van der Waals surface area contributed by atoms with Gasteiger partial charge in [0.2, 0.25) is 11.6 Å². The molecule has 3 rings (SSSR count). The second-order valence-corrected chi connectivity index (χ2v) is 4.26. The lowest BCUT2D eigenvalue weighted by Gasteiger charge is -2.21. The van der Waals surface area contributed by atoms with Crippen LogP contribution in [0.5, 0.6) is 0 Å². The first-order chi connectivity index (χ1) is 7.27. The minimum atomic E-state index is -0.454. The highest BCUT2D eigenvalue weighted by Gasteiger charge is 2.37. The number of hydrogen-bond acceptors (Lipinski definition) is 5. The van der Waals surface area contributed by atoms with E-state index in [4.69, 9.17) is 0 Å². The third kappa shape index (κ3) is 1.13. The smallest absolute Gasteiger partial charge is 0.250 e. The summed E-state index contributed by atoms with van der Waals surface area (Å²) in [5, 5.41) is 0.773. The zero-order chi connectivity index (χ0) is 10.4. The molecule has 0 saturated carbocycles. The average molecular weight is 218 g/mol. The fourth-order valence-corrected chi connectivity index (χ4v) is 2.68. The molecule has 0 atom stereocenters. The van der Waals surface area contributed by atoms with Crippen LogP contribution in [0.15, 0.2) is 40.0 Å². The van der Waals surface area contributed by atoms with Gasteiger partial charge in [-0.25, -0.2) is 4.99 Å². The first-order valence-electron chi connectivity index (χ1n) is 4.46. The number of allylic oxidation sites excluding steroid dienone is 3. The average Bonchev–Trinajstić information content (AvgIpc) is 2.62. The van der Waals surface area contributed by atoms with Crippen molar-refractivity contribution in [2.45, 2.75) is 0 Å². The Hall–Kier alpha value is -1.62. The summed E-state index contributed by atoms with van der Waals surface area (Å²) in [5.74, 6) is -0.884. The second-order valence-electron chi connectivity index (χ2n) is 3.25. The molecule has 74 valence electrons. The molecule has 0 saturated heterocycles. The summed E-state index contributed by atoms with van der Waals surface area (Å²) < 4.78 is 0. The molecule has 1 aliphatic carbocycles. The molecule has 2 aliphatic heterocycles. The van der Waals surface area contributed by atoms with Gasteiger partial charge in [-0.3, -0.25) is 9.59 Å². The fraction of sp³-hybridized carbons (Fsp3) is 0.100. The summed E-state index contributed by atoms with van der Waals surface area (Å²) in [4.78, 5) is 29.7. The van der Waals surface area contributed by atoms with Crippen LogP contribution in [0.4, 0.5) is 0 Å². The molecule has 0 aromatic heterocycles. The van der Waals surface area contributed by atoms with Crippen molar-refractivity contribution in [1.82, 2.24) is 4.90 Å². The molecule has 0 N–H and O–H groups in total. The Bertz CT molecular complexity index is 500. The van der Waals surface area contributed by atoms with Crippen molar-refractivity contribution < 1.29 is 9.59 Å². The number of fused-ring (bicyclic) bond motifs is 2. The largest absolute Gasteiger partial charge is 0.312 e. The maximum atomic E-state index is 11.7. The normalized spacial score (nSPS) is 23.2. The van der Waals surface area contributed by atoms with E-state index in [1.807, 2.05) is 6.08 Å². The lowest BCUT2D eigenvalue weighted by Crippen LogP contribution is -2.33. The molecule has 2 heterocycles. The number of nitrogens with zero attached hydrogens (tertiary/aromatic N) is 2. The Labute approximate surface area is 90.0 Å². The van der Waals surface area contributed by atoms with E-state index >= 15 is 0 Å². The minimum Gasteiger partial charge on any atom is -0.312 e. The summed E-state index contributed by atoms with van der Waals surface area (Å²) in [6.07, 6.45) is 6.58. The van der Waals surface area contributed by atoms with Crippen LogP contribution in [0.3, 0.4) is 0 Å². The van der Waals surface area contributed by atoms with Crippen molar-refractivity contribution in [3.8, 4) is 0 Å². The van der Waals surface area contributed by atoms with E-state index in [-0.39, 0.29) is 0 Å². The number of carbonyl (C=O) groups excluding carboxylic acids is 2. The van der Waals surface area contributed by atoms with Gasteiger partial charge >= 0.3 is 0 Å². The van der Waals surface area contributed by atoms with Gasteiger partial charge in [-0.15, -0.1) is 0 Å². The van der Waals surface area contributed by atoms with Crippen molar-refractivity contribution >= 4 is 28.5 Å². The minimum absolute atomic E-state index is 0.430. The van der Waals surface area contributed by atoms with E-state index < -0.39 is 11.6 Å². The molecular formula is C10H6N2O2S. The highest BCUT2D eigenvalue weighted by molar-refractivity contribution is 8.17. The number of Topliss-reactive ketones (excluding diaryl/α,β-unsaturated/α-hetero) is 1. The molecule has 0 radical (unpaired) electrons. The third-order valence-electron chi connectivity index (χ3n) is 2.34. The highest BCUT2D eigenvalue weighted by atomic mass is 32.2. The van der Waals surface area contributed by atoms with Crippen LogP contribution in [0.2, 0.25) is 0 Å². The lowest BCUT2D eigenvalue weighted by atomic mass is 10.1. The van der Waals surface area contributed by atoms with Gasteiger partial charge < -0.3 is 4.90 Å². The molecule has 0 fully saturated rings. The lowest BCUT2D eigenvalue weighted by molar-refractivity contribution is -0.132. The van der Waals surface area contributed by atoms with Gasteiger partial charge in [-0.2, -0.15) is 0 Å². The summed E-state index contributed by atoms with van der Waals surface area (Å²) in [5.41, 5.74) is 0.482. The van der Waals surface area contributed by atoms with Crippen molar-refractivity contribution in [3.63, 3.8) is 0 Å². The van der Waals surface area contributed by atoms with Gasteiger partial charge in [0.05, 0.1) is 0 Å². The maximum absolute atomic E-state index is 11.7. The SMILES string of the molecule is O=C1C=CC2=C(C1=O)N1CC=CN=C1S2. The third-order valence-corrected chi connectivity index (χ3v) is 3.40. The molecule has 15 heavy (non-hydrogen) atoms. The number of carbonyl (C=O) groups is 2. The van der Waals surface area contributed by atoms with Gasteiger partial charge in [0.1, 0.15) is 5.70 Å². The summed E-state index contributed by atoms with van der Waals surface area (Å²) in [7, 11) is 0. The Morgan fingerprint density at radius 3 is 3.07 bits per heavy atom. The topological polar surface area (TPSA) is 49.7 Å². The van der Waals surface area contributed by atoms with Crippen LogP contribution >= 0.6 is 11.8 Å². The Morgan fingerprint density at radius 2 is 2.20 bits per heavy atom. The monoisotopic (exact) mass is 218 g/mol. The van der Waals surface area contributed by atoms with E-state index in [1.165, 1.54) is 17.8 Å². The molecule has 0 amide bonds. The molecule has 0 unspecified atom stereocenters. The number of hydrogen-bond donors (Lipinski definition) is 0. The second kappa shape index (κ2) is 2.93. The molecule has 5 heteroatoms. The van der Waals surface area contributed by atoms with Crippen LogP contribution in [0, 0.1) is 0 Å². The number of thioether (sulfide) groups is 1. The zero-order valence-corrected chi connectivity index (χ0v) is 8.45. The van der Waals surface area contributed by atoms with Gasteiger partial charge in [-0.05, 0) is 30.0 Å². The van der Waals surface area contributed by atoms with E-state index in [0.29, 0.717) is 12.2 Å². The van der Waals surface area contributed by atoms with Crippen molar-refractivity contribution in [1.29, 1.82) is 0 Å². The van der Waals surface area contributed by atoms with Crippen LogP contribution < -0.4 is 0 Å². The van der Waals surface area contributed by atoms with Crippen LogP contribution in [0.25, 0.3) is 0 Å². The molecular weight excluding hydrogens is 212 g/mol. The fourth-order valence-electron chi connectivity index (χ4n) is 1.66. The first kappa shape index (κ1) is 8.67. The van der Waals surface area contributed by atoms with Gasteiger partial charge in [0.25, 0.3) is 0 Å². The van der Waals surface area contributed by atoms with Crippen LogP contribution in [-0.4, -0.2) is 28.2 Å². The van der Waals surface area contributed by atoms with Crippen LogP contribution in [-0.2, 0) is 9.59 Å². The number of amidine groups is 1.